The first-order valence-electron chi connectivity index (χ1n) is 7.72. The smallest absolute Gasteiger partial charge is 0.262 e. The summed E-state index contributed by atoms with van der Waals surface area (Å²) >= 11 is 0. The average Bonchev–Trinajstić information content (AvgIpc) is 2.62. The van der Waals surface area contributed by atoms with Crippen LogP contribution in [-0.4, -0.2) is 22.5 Å². The normalized spacial score (nSPS) is 10.1. The lowest BCUT2D eigenvalue weighted by molar-refractivity contribution is -0.118. The summed E-state index contributed by atoms with van der Waals surface area (Å²) in [6.45, 7) is 1.92. The third-order valence-electron chi connectivity index (χ3n) is 3.27. The van der Waals surface area contributed by atoms with Crippen LogP contribution in [0.3, 0.4) is 0 Å². The molecule has 1 aromatic heterocycles. The monoisotopic (exact) mass is 335 g/mol. The van der Waals surface area contributed by atoms with Crippen LogP contribution in [0.5, 0.6) is 17.4 Å². The Kier molecular flexibility index (Phi) is 5.21. The summed E-state index contributed by atoms with van der Waals surface area (Å²) in [6, 6.07) is 14.6. The highest BCUT2D eigenvalue weighted by molar-refractivity contribution is 5.92. The van der Waals surface area contributed by atoms with E-state index in [1.165, 1.54) is 6.20 Å². The third kappa shape index (κ3) is 5.04. The van der Waals surface area contributed by atoms with E-state index in [1.54, 1.807) is 36.7 Å². The van der Waals surface area contributed by atoms with Gasteiger partial charge in [-0.1, -0.05) is 23.8 Å². The minimum absolute atomic E-state index is 0.0711. The van der Waals surface area contributed by atoms with E-state index in [9.17, 15) is 4.79 Å². The zero-order valence-electron chi connectivity index (χ0n) is 13.7. The summed E-state index contributed by atoms with van der Waals surface area (Å²) in [6.07, 6.45) is 4.63. The Morgan fingerprint density at radius 2 is 1.92 bits per heavy atom. The van der Waals surface area contributed by atoms with Crippen molar-refractivity contribution in [2.45, 2.75) is 6.92 Å². The zero-order valence-corrected chi connectivity index (χ0v) is 13.7. The Morgan fingerprint density at radius 1 is 1.08 bits per heavy atom. The van der Waals surface area contributed by atoms with Crippen LogP contribution >= 0.6 is 0 Å². The molecule has 0 aliphatic carbocycles. The largest absolute Gasteiger partial charge is 0.484 e. The molecule has 0 spiro atoms. The fraction of sp³-hybridized carbons (Fsp3) is 0.105. The number of benzene rings is 2. The van der Waals surface area contributed by atoms with Crippen LogP contribution in [0, 0.1) is 6.92 Å². The van der Waals surface area contributed by atoms with Crippen molar-refractivity contribution in [2.24, 2.45) is 0 Å². The molecule has 2 aromatic carbocycles. The fourth-order valence-corrected chi connectivity index (χ4v) is 2.08. The lowest BCUT2D eigenvalue weighted by Crippen LogP contribution is -2.20. The molecule has 0 bridgehead atoms. The Balaban J connectivity index is 1.56. The third-order valence-corrected chi connectivity index (χ3v) is 3.27. The van der Waals surface area contributed by atoms with Gasteiger partial charge in [0.1, 0.15) is 11.5 Å². The van der Waals surface area contributed by atoms with E-state index >= 15 is 0 Å². The molecular formula is C19H17N3O3. The van der Waals surface area contributed by atoms with Gasteiger partial charge in [-0.15, -0.1) is 0 Å². The number of hydrogen-bond acceptors (Lipinski definition) is 5. The molecule has 25 heavy (non-hydrogen) atoms. The number of nitrogens with one attached hydrogen (secondary N) is 1. The van der Waals surface area contributed by atoms with Crippen LogP contribution in [0.25, 0.3) is 0 Å². The molecule has 0 saturated carbocycles. The predicted octanol–water partition coefficient (Wildman–Crippen LogP) is 3.59. The van der Waals surface area contributed by atoms with Crippen molar-refractivity contribution in [3.05, 3.63) is 72.7 Å². The number of aromatic nitrogens is 2. The summed E-state index contributed by atoms with van der Waals surface area (Å²) in [7, 11) is 0. The van der Waals surface area contributed by atoms with Gasteiger partial charge in [0.05, 0.1) is 6.20 Å². The second-order valence-corrected chi connectivity index (χ2v) is 5.32. The zero-order chi connectivity index (χ0) is 17.5. The van der Waals surface area contributed by atoms with E-state index in [0.717, 1.165) is 5.56 Å². The number of aryl methyl sites for hydroxylation is 1. The van der Waals surface area contributed by atoms with Crippen LogP contribution in [0.4, 0.5) is 5.69 Å². The molecule has 1 N–H and O–H groups in total. The van der Waals surface area contributed by atoms with Crippen molar-refractivity contribution >= 4 is 11.6 Å². The molecule has 0 aliphatic heterocycles. The van der Waals surface area contributed by atoms with Crippen LogP contribution in [0.2, 0.25) is 0 Å². The fourth-order valence-electron chi connectivity index (χ4n) is 2.08. The first-order valence-corrected chi connectivity index (χ1v) is 7.72. The van der Waals surface area contributed by atoms with Crippen LogP contribution in [-0.2, 0) is 4.79 Å². The van der Waals surface area contributed by atoms with E-state index in [2.05, 4.69) is 15.3 Å². The molecule has 6 heteroatoms. The number of carbonyl (C=O) groups excluding carboxylic acids is 1. The first-order chi connectivity index (χ1) is 12.2. The van der Waals surface area contributed by atoms with E-state index in [-0.39, 0.29) is 12.5 Å². The summed E-state index contributed by atoms with van der Waals surface area (Å²) in [5.41, 5.74) is 1.75. The molecule has 0 aliphatic rings. The minimum Gasteiger partial charge on any atom is -0.484 e. The van der Waals surface area contributed by atoms with Gasteiger partial charge in [-0.05, 0) is 31.2 Å². The average molecular weight is 335 g/mol. The Morgan fingerprint density at radius 3 is 2.68 bits per heavy atom. The van der Waals surface area contributed by atoms with E-state index in [1.807, 2.05) is 31.2 Å². The van der Waals surface area contributed by atoms with Crippen molar-refractivity contribution in [3.63, 3.8) is 0 Å². The second kappa shape index (κ2) is 7.92. The molecule has 3 rings (SSSR count). The molecule has 1 heterocycles. The summed E-state index contributed by atoms with van der Waals surface area (Å²) in [5, 5.41) is 2.77. The molecule has 0 radical (unpaired) electrons. The Hall–Kier alpha value is -3.41. The minimum atomic E-state index is -0.253. The molecule has 0 saturated heterocycles. The van der Waals surface area contributed by atoms with E-state index < -0.39 is 0 Å². The highest BCUT2D eigenvalue weighted by Crippen LogP contribution is 2.22. The van der Waals surface area contributed by atoms with Crippen molar-refractivity contribution in [3.8, 4) is 17.4 Å². The van der Waals surface area contributed by atoms with Crippen LogP contribution < -0.4 is 14.8 Å². The van der Waals surface area contributed by atoms with E-state index in [0.29, 0.717) is 23.1 Å². The van der Waals surface area contributed by atoms with Gasteiger partial charge < -0.3 is 14.8 Å². The lowest BCUT2D eigenvalue weighted by atomic mass is 10.2. The van der Waals surface area contributed by atoms with Crippen LogP contribution in [0.15, 0.2) is 67.1 Å². The standard InChI is InChI=1S/C19H17N3O3/c1-14-5-7-16(8-6-14)24-13-18(23)22-15-3-2-4-17(11-15)25-19-12-20-9-10-21-19/h2-12H,13H2,1H3,(H,22,23). The number of amides is 1. The highest BCUT2D eigenvalue weighted by atomic mass is 16.5. The van der Waals surface area contributed by atoms with Gasteiger partial charge in [-0.3, -0.25) is 9.78 Å². The number of anilines is 1. The van der Waals surface area contributed by atoms with Gasteiger partial charge in [-0.25, -0.2) is 4.98 Å². The van der Waals surface area contributed by atoms with Crippen molar-refractivity contribution in [1.29, 1.82) is 0 Å². The van der Waals surface area contributed by atoms with E-state index in [4.69, 9.17) is 9.47 Å². The number of nitrogens with zero attached hydrogens (tertiary/aromatic N) is 2. The van der Waals surface area contributed by atoms with Gasteiger partial charge >= 0.3 is 0 Å². The summed E-state index contributed by atoms with van der Waals surface area (Å²) in [4.78, 5) is 20.0. The summed E-state index contributed by atoms with van der Waals surface area (Å²) in [5.74, 6) is 1.34. The molecule has 126 valence electrons. The van der Waals surface area contributed by atoms with Gasteiger partial charge in [0.15, 0.2) is 6.61 Å². The number of hydrogen-bond donors (Lipinski definition) is 1. The maximum absolute atomic E-state index is 12.0. The van der Waals surface area contributed by atoms with Crippen molar-refractivity contribution in [2.75, 3.05) is 11.9 Å². The first kappa shape index (κ1) is 16.4. The summed E-state index contributed by atoms with van der Waals surface area (Å²) < 4.78 is 11.0. The quantitative estimate of drug-likeness (QED) is 0.745. The Bertz CT molecular complexity index is 836. The number of ether oxygens (including phenoxy) is 2. The molecular weight excluding hydrogens is 318 g/mol. The second-order valence-electron chi connectivity index (χ2n) is 5.32. The van der Waals surface area contributed by atoms with Gasteiger partial charge in [-0.2, -0.15) is 0 Å². The molecule has 0 fully saturated rings. The van der Waals surface area contributed by atoms with Gasteiger partial charge in [0, 0.05) is 24.1 Å². The highest BCUT2D eigenvalue weighted by Gasteiger charge is 2.06. The Labute approximate surface area is 145 Å². The molecule has 0 unspecified atom stereocenters. The number of rotatable bonds is 6. The molecule has 0 atom stereocenters. The molecule has 6 nitrogen and oxygen atoms in total. The maximum Gasteiger partial charge on any atom is 0.262 e. The topological polar surface area (TPSA) is 73.3 Å². The van der Waals surface area contributed by atoms with Gasteiger partial charge in [0.25, 0.3) is 5.91 Å². The SMILES string of the molecule is Cc1ccc(OCC(=O)Nc2cccc(Oc3cnccn3)c2)cc1. The maximum atomic E-state index is 12.0. The van der Waals surface area contributed by atoms with Crippen molar-refractivity contribution in [1.82, 2.24) is 9.97 Å². The van der Waals surface area contributed by atoms with Crippen LogP contribution in [0.1, 0.15) is 5.56 Å². The number of carbonyl (C=O) groups is 1. The lowest BCUT2D eigenvalue weighted by Gasteiger charge is -2.09. The molecule has 3 aromatic rings. The van der Waals surface area contributed by atoms with Gasteiger partial charge in [0.2, 0.25) is 5.88 Å². The van der Waals surface area contributed by atoms with Crippen molar-refractivity contribution < 1.29 is 14.3 Å². The molecule has 1 amide bonds. The predicted molar refractivity (Wildman–Crippen MR) is 93.9 cm³/mol.